The summed E-state index contributed by atoms with van der Waals surface area (Å²) >= 11 is 0. The lowest BCUT2D eigenvalue weighted by Crippen LogP contribution is -2.67. The van der Waals surface area contributed by atoms with Crippen molar-refractivity contribution in [3.8, 4) is 0 Å². The number of rotatable bonds is 8. The fraction of sp³-hybridized carbons (Fsp3) is 0.950. The summed E-state index contributed by atoms with van der Waals surface area (Å²) in [6.07, 6.45) is -22.9. The second kappa shape index (κ2) is 12.8. The van der Waals surface area contributed by atoms with Crippen molar-refractivity contribution in [2.45, 2.75) is 99.0 Å². The normalized spacial score (nSPS) is 49.0. The van der Waals surface area contributed by atoms with E-state index in [0.717, 1.165) is 6.92 Å². The summed E-state index contributed by atoms with van der Waals surface area (Å²) in [5.41, 5.74) is 0. The van der Waals surface area contributed by atoms with Gasteiger partial charge in [0.15, 0.2) is 18.9 Å². The van der Waals surface area contributed by atoms with E-state index in [1.54, 1.807) is 0 Å². The molecule has 216 valence electrons. The van der Waals surface area contributed by atoms with Crippen LogP contribution in [0.1, 0.15) is 6.92 Å². The van der Waals surface area contributed by atoms with Crippen LogP contribution in [0, 0.1) is 0 Å². The Labute approximate surface area is 210 Å². The average molecular weight is 545 g/mol. The first-order valence-corrected chi connectivity index (χ1v) is 11.6. The fourth-order valence-corrected chi connectivity index (χ4v) is 4.36. The summed E-state index contributed by atoms with van der Waals surface area (Å²) < 4.78 is 26.8. The smallest absolute Gasteiger partial charge is 0.217 e. The third-order valence-corrected chi connectivity index (χ3v) is 6.48. The predicted molar refractivity (Wildman–Crippen MR) is 113 cm³/mol. The van der Waals surface area contributed by atoms with Crippen molar-refractivity contribution in [2.24, 2.45) is 0 Å². The van der Waals surface area contributed by atoms with E-state index >= 15 is 0 Å². The van der Waals surface area contributed by atoms with Crippen LogP contribution in [-0.2, 0) is 28.5 Å². The minimum Gasteiger partial charge on any atom is -0.394 e. The molecule has 0 bridgehead atoms. The Hall–Kier alpha value is -1.13. The highest BCUT2D eigenvalue weighted by Gasteiger charge is 2.51. The van der Waals surface area contributed by atoms with Gasteiger partial charge in [-0.15, -0.1) is 0 Å². The van der Waals surface area contributed by atoms with Crippen LogP contribution in [0.3, 0.4) is 0 Å². The number of carbonyl (C=O) groups is 1. The Balaban J connectivity index is 1.69. The molecule has 17 heteroatoms. The van der Waals surface area contributed by atoms with Crippen molar-refractivity contribution in [1.29, 1.82) is 0 Å². The highest BCUT2D eigenvalue weighted by molar-refractivity contribution is 5.73. The number of carbonyl (C=O) groups excluding carboxylic acids is 1. The molecule has 0 aromatic carbocycles. The Kier molecular flexibility index (Phi) is 10.5. The minimum absolute atomic E-state index is 0.617. The second-order valence-electron chi connectivity index (χ2n) is 9.11. The Morgan fingerprint density at radius 3 is 1.81 bits per heavy atom. The zero-order chi connectivity index (χ0) is 27.6. The molecule has 1 unspecified atom stereocenters. The topological polar surface area (TPSA) is 278 Å². The Bertz CT molecular complexity index is 745. The highest BCUT2D eigenvalue weighted by Crippen LogP contribution is 2.30. The van der Waals surface area contributed by atoms with Crippen LogP contribution in [-0.4, -0.2) is 169 Å². The maximum atomic E-state index is 11.4. The van der Waals surface area contributed by atoms with E-state index < -0.39 is 118 Å². The van der Waals surface area contributed by atoms with Gasteiger partial charge in [0.2, 0.25) is 5.91 Å². The molecule has 0 saturated carbocycles. The number of nitrogens with one attached hydrogen (secondary N) is 1. The molecule has 3 rings (SSSR count). The fourth-order valence-electron chi connectivity index (χ4n) is 4.36. The quantitative estimate of drug-likeness (QED) is 0.135. The first kappa shape index (κ1) is 30.4. The van der Waals surface area contributed by atoms with E-state index in [1.807, 2.05) is 0 Å². The zero-order valence-electron chi connectivity index (χ0n) is 19.7. The first-order valence-electron chi connectivity index (χ1n) is 11.6. The van der Waals surface area contributed by atoms with Gasteiger partial charge in [0.05, 0.1) is 19.8 Å². The van der Waals surface area contributed by atoms with Gasteiger partial charge in [0.25, 0.3) is 0 Å². The predicted octanol–water partition coefficient (Wildman–Crippen LogP) is -7.43. The second-order valence-corrected chi connectivity index (χ2v) is 9.11. The third-order valence-electron chi connectivity index (χ3n) is 6.48. The molecule has 0 aliphatic carbocycles. The summed E-state index contributed by atoms with van der Waals surface area (Å²) in [6.45, 7) is -0.962. The van der Waals surface area contributed by atoms with Gasteiger partial charge in [-0.2, -0.15) is 0 Å². The lowest BCUT2D eigenvalue weighted by molar-refractivity contribution is -0.355. The number of aliphatic hydroxyl groups is 10. The van der Waals surface area contributed by atoms with Crippen molar-refractivity contribution >= 4 is 5.91 Å². The SMILES string of the molecule is CC(=O)N[C@H]1C(O)O[C@H](CO)[C@@H](O[C@@H]2O[C@H](CO[C@H]3O[C@H](CO)[C@@H](O)[C@H](O)[C@@H]3O)[C@@H](O)[C@H](O)[C@@H]2O)[C@@H]1O. The van der Waals surface area contributed by atoms with Crippen LogP contribution in [0.5, 0.6) is 0 Å². The molecule has 0 aromatic rings. The number of ether oxygens (including phenoxy) is 5. The molecule has 0 aromatic heterocycles. The molecule has 17 nitrogen and oxygen atoms in total. The largest absolute Gasteiger partial charge is 0.394 e. The van der Waals surface area contributed by atoms with Crippen LogP contribution in [0.4, 0.5) is 0 Å². The van der Waals surface area contributed by atoms with Crippen molar-refractivity contribution in [2.75, 3.05) is 19.8 Å². The van der Waals surface area contributed by atoms with Gasteiger partial charge in [-0.05, 0) is 0 Å². The average Bonchev–Trinajstić information content (AvgIpc) is 2.86. The van der Waals surface area contributed by atoms with Gasteiger partial charge in [0, 0.05) is 6.92 Å². The van der Waals surface area contributed by atoms with E-state index in [1.165, 1.54) is 0 Å². The molecule has 11 N–H and O–H groups in total. The molecule has 3 aliphatic rings. The van der Waals surface area contributed by atoms with Crippen molar-refractivity contribution < 1.29 is 79.5 Å². The molecule has 0 radical (unpaired) electrons. The van der Waals surface area contributed by atoms with E-state index in [4.69, 9.17) is 23.7 Å². The molecule has 3 aliphatic heterocycles. The summed E-state index contributed by atoms with van der Waals surface area (Å²) in [4.78, 5) is 11.4. The standard InChI is InChI=1S/C20H35NO16/c1-5(24)21-9-12(27)17(7(3-23)34-18(9)32)37-20-16(31)14(29)11(26)8(36-20)4-33-19-15(30)13(28)10(25)6(2-22)35-19/h6-20,22-23,25-32H,2-4H2,1H3,(H,21,24)/t6-,7-,8-,9-,10-,11-,12-,13+,14+,15+,16+,17-,18?,19+,20+/m1/s1. The first-order chi connectivity index (χ1) is 17.4. The van der Waals surface area contributed by atoms with Crippen LogP contribution < -0.4 is 5.32 Å². The monoisotopic (exact) mass is 545 g/mol. The summed E-state index contributed by atoms with van der Waals surface area (Å²) in [5.74, 6) is -0.620. The van der Waals surface area contributed by atoms with Crippen LogP contribution in [0.15, 0.2) is 0 Å². The Morgan fingerprint density at radius 2 is 1.24 bits per heavy atom. The van der Waals surface area contributed by atoms with Crippen LogP contribution in [0.25, 0.3) is 0 Å². The summed E-state index contributed by atoms with van der Waals surface area (Å²) in [5, 5.41) is 103. The number of amides is 1. The van der Waals surface area contributed by atoms with Crippen molar-refractivity contribution in [3.63, 3.8) is 0 Å². The van der Waals surface area contributed by atoms with Crippen molar-refractivity contribution in [3.05, 3.63) is 0 Å². The highest BCUT2D eigenvalue weighted by atomic mass is 16.7. The van der Waals surface area contributed by atoms with Gasteiger partial charge in [-0.25, -0.2) is 0 Å². The van der Waals surface area contributed by atoms with Gasteiger partial charge < -0.3 is 80.1 Å². The van der Waals surface area contributed by atoms with E-state index in [9.17, 15) is 55.9 Å². The zero-order valence-corrected chi connectivity index (χ0v) is 19.7. The maximum absolute atomic E-state index is 11.4. The van der Waals surface area contributed by atoms with Crippen LogP contribution in [0.2, 0.25) is 0 Å². The van der Waals surface area contributed by atoms with E-state index in [0.29, 0.717) is 0 Å². The molecule has 37 heavy (non-hydrogen) atoms. The molecular weight excluding hydrogens is 510 g/mol. The molecule has 3 heterocycles. The number of hydrogen-bond acceptors (Lipinski definition) is 16. The van der Waals surface area contributed by atoms with Gasteiger partial charge in [0.1, 0.15) is 73.2 Å². The lowest BCUT2D eigenvalue weighted by atomic mass is 9.95. The maximum Gasteiger partial charge on any atom is 0.217 e. The number of aliphatic hydroxyl groups excluding tert-OH is 10. The molecule has 3 saturated heterocycles. The number of hydrogen-bond donors (Lipinski definition) is 11. The molecule has 3 fully saturated rings. The molecule has 1 amide bonds. The van der Waals surface area contributed by atoms with Crippen molar-refractivity contribution in [1.82, 2.24) is 5.32 Å². The van der Waals surface area contributed by atoms with Gasteiger partial charge in [-0.3, -0.25) is 4.79 Å². The van der Waals surface area contributed by atoms with Gasteiger partial charge >= 0.3 is 0 Å². The summed E-state index contributed by atoms with van der Waals surface area (Å²) in [6, 6.07) is -1.38. The van der Waals surface area contributed by atoms with Gasteiger partial charge in [-0.1, -0.05) is 0 Å². The Morgan fingerprint density at radius 1 is 0.703 bits per heavy atom. The van der Waals surface area contributed by atoms with E-state index in [2.05, 4.69) is 5.32 Å². The molecular formula is C20H35NO16. The van der Waals surface area contributed by atoms with Crippen LogP contribution >= 0.6 is 0 Å². The minimum atomic E-state index is -1.88. The van der Waals surface area contributed by atoms with E-state index in [-0.39, 0.29) is 0 Å². The molecule has 0 spiro atoms. The lowest BCUT2D eigenvalue weighted by Gasteiger charge is -2.46. The molecule has 15 atom stereocenters. The summed E-state index contributed by atoms with van der Waals surface area (Å²) in [7, 11) is 0. The third kappa shape index (κ3) is 6.55.